The number of aromatic nitrogens is 2. The molecule has 1 aromatic heterocycles. The summed E-state index contributed by atoms with van der Waals surface area (Å²) in [5.41, 5.74) is 3.83. The summed E-state index contributed by atoms with van der Waals surface area (Å²) in [7, 11) is 1.25. The van der Waals surface area contributed by atoms with Gasteiger partial charge in [0.1, 0.15) is 5.82 Å². The van der Waals surface area contributed by atoms with E-state index in [0.29, 0.717) is 0 Å². The smallest absolute Gasteiger partial charge is 0.340 e. The van der Waals surface area contributed by atoms with Crippen LogP contribution < -0.4 is 0 Å². The Bertz CT molecular complexity index is 1120. The van der Waals surface area contributed by atoms with Crippen molar-refractivity contribution in [3.8, 4) is 0 Å². The molecule has 0 radical (unpaired) electrons. The van der Waals surface area contributed by atoms with Gasteiger partial charge in [-0.3, -0.25) is 9.58 Å². The third-order valence-corrected chi connectivity index (χ3v) is 6.54. The van der Waals surface area contributed by atoms with Crippen LogP contribution in [0.25, 0.3) is 10.9 Å². The lowest BCUT2D eigenvalue weighted by Gasteiger charge is -2.36. The molecular weight excluding hydrogens is 417 g/mol. The third kappa shape index (κ3) is 4.19. The summed E-state index contributed by atoms with van der Waals surface area (Å²) in [5.74, 6) is -1.26. The summed E-state index contributed by atoms with van der Waals surface area (Å²) >= 11 is 6.26. The van der Waals surface area contributed by atoms with Crippen LogP contribution >= 0.6 is 11.6 Å². The van der Waals surface area contributed by atoms with Crippen LogP contribution in [0, 0.1) is 19.7 Å². The molecule has 1 fully saturated rings. The largest absolute Gasteiger partial charge is 0.465 e. The second-order valence-corrected chi connectivity index (χ2v) is 8.81. The Kier molecular flexibility index (Phi) is 6.04. The SMILES string of the molecule is COC(=O)c1cc2c(C)nn(C3CCN(C(C)c4cc(C)cc(Cl)c4)CC3)c2cc1F. The summed E-state index contributed by atoms with van der Waals surface area (Å²) in [5, 5.41) is 6.25. The highest BCUT2D eigenvalue weighted by molar-refractivity contribution is 6.30. The third-order valence-electron chi connectivity index (χ3n) is 6.32. The van der Waals surface area contributed by atoms with E-state index in [-0.39, 0.29) is 17.6 Å². The van der Waals surface area contributed by atoms with E-state index in [2.05, 4.69) is 24.8 Å². The standard InChI is InChI=1S/C24H27ClFN3O2/c1-14-9-17(11-18(25)10-14)16(3)28-7-5-19(6-8-28)29-23-13-22(26)21(24(30)31-4)12-20(23)15(2)27-29/h9-13,16,19H,5-8H2,1-4H3. The number of carbonyl (C=O) groups excluding carboxylic acids is 1. The summed E-state index contributed by atoms with van der Waals surface area (Å²) in [6.07, 6.45) is 1.83. The minimum Gasteiger partial charge on any atom is -0.465 e. The van der Waals surface area contributed by atoms with Crippen molar-refractivity contribution in [1.29, 1.82) is 0 Å². The number of piperidine rings is 1. The molecule has 0 N–H and O–H groups in total. The Morgan fingerprint density at radius 1 is 1.19 bits per heavy atom. The maximum absolute atomic E-state index is 14.6. The van der Waals surface area contributed by atoms with Crippen LogP contribution in [-0.2, 0) is 4.74 Å². The molecule has 31 heavy (non-hydrogen) atoms. The van der Waals surface area contributed by atoms with Crippen LogP contribution in [0.3, 0.4) is 0 Å². The molecule has 0 spiro atoms. The lowest BCUT2D eigenvalue weighted by molar-refractivity contribution is 0.0595. The maximum atomic E-state index is 14.6. The molecule has 7 heteroatoms. The number of halogens is 2. The van der Waals surface area contributed by atoms with Crippen LogP contribution in [-0.4, -0.2) is 40.8 Å². The van der Waals surface area contributed by atoms with Crippen molar-refractivity contribution in [1.82, 2.24) is 14.7 Å². The van der Waals surface area contributed by atoms with Gasteiger partial charge in [0.05, 0.1) is 29.9 Å². The van der Waals surface area contributed by atoms with Crippen molar-refractivity contribution in [3.05, 3.63) is 63.6 Å². The fourth-order valence-corrected chi connectivity index (χ4v) is 4.89. The highest BCUT2D eigenvalue weighted by atomic mass is 35.5. The number of carbonyl (C=O) groups is 1. The van der Waals surface area contributed by atoms with Gasteiger partial charge < -0.3 is 4.74 Å². The number of benzene rings is 2. The fraction of sp³-hybridized carbons (Fsp3) is 0.417. The number of ether oxygens (including phenoxy) is 1. The van der Waals surface area contributed by atoms with Gasteiger partial charge in [-0.05, 0) is 62.9 Å². The summed E-state index contributed by atoms with van der Waals surface area (Å²) in [6, 6.07) is 9.62. The quantitative estimate of drug-likeness (QED) is 0.490. The summed E-state index contributed by atoms with van der Waals surface area (Å²) in [4.78, 5) is 14.3. The predicted molar refractivity (Wildman–Crippen MR) is 120 cm³/mol. The molecule has 1 unspecified atom stereocenters. The Labute approximate surface area is 186 Å². The van der Waals surface area contributed by atoms with E-state index in [1.807, 2.05) is 23.7 Å². The molecule has 0 aliphatic carbocycles. The minimum absolute atomic E-state index is 0.0573. The topological polar surface area (TPSA) is 47.4 Å². The van der Waals surface area contributed by atoms with E-state index < -0.39 is 11.8 Å². The number of rotatable bonds is 4. The van der Waals surface area contributed by atoms with Crippen LogP contribution in [0.2, 0.25) is 5.02 Å². The van der Waals surface area contributed by atoms with Gasteiger partial charge >= 0.3 is 5.97 Å². The predicted octanol–water partition coefficient (Wildman–Crippen LogP) is 5.63. The van der Waals surface area contributed by atoms with E-state index in [9.17, 15) is 9.18 Å². The van der Waals surface area contributed by atoms with Crippen molar-refractivity contribution in [2.24, 2.45) is 0 Å². The fourth-order valence-electron chi connectivity index (χ4n) is 4.59. The van der Waals surface area contributed by atoms with Gasteiger partial charge in [-0.25, -0.2) is 9.18 Å². The maximum Gasteiger partial charge on any atom is 0.340 e. The van der Waals surface area contributed by atoms with E-state index in [1.165, 1.54) is 18.7 Å². The number of hydrogen-bond acceptors (Lipinski definition) is 4. The first kappa shape index (κ1) is 21.8. The molecule has 0 saturated carbocycles. The molecule has 4 rings (SSSR count). The number of hydrogen-bond donors (Lipinski definition) is 0. The molecule has 2 aromatic carbocycles. The van der Waals surface area contributed by atoms with Crippen molar-refractivity contribution in [2.45, 2.75) is 45.7 Å². The molecule has 5 nitrogen and oxygen atoms in total. The number of likely N-dealkylation sites (tertiary alicyclic amines) is 1. The van der Waals surface area contributed by atoms with Gasteiger partial charge in [-0.1, -0.05) is 17.7 Å². The number of aryl methyl sites for hydroxylation is 2. The molecule has 0 bridgehead atoms. The van der Waals surface area contributed by atoms with Crippen LogP contribution in [0.1, 0.15) is 59.0 Å². The molecule has 1 saturated heterocycles. The van der Waals surface area contributed by atoms with Crippen molar-refractivity contribution >= 4 is 28.5 Å². The van der Waals surface area contributed by atoms with E-state index in [0.717, 1.165) is 53.1 Å². The molecular formula is C24H27ClFN3O2. The Balaban J connectivity index is 1.55. The van der Waals surface area contributed by atoms with Gasteiger partial charge in [-0.2, -0.15) is 5.10 Å². The lowest BCUT2D eigenvalue weighted by Crippen LogP contribution is -2.36. The number of fused-ring (bicyclic) bond motifs is 1. The molecule has 3 aromatic rings. The zero-order chi connectivity index (χ0) is 22.3. The highest BCUT2D eigenvalue weighted by Gasteiger charge is 2.27. The van der Waals surface area contributed by atoms with E-state index in [4.69, 9.17) is 21.4 Å². The first-order valence-electron chi connectivity index (χ1n) is 10.6. The second kappa shape index (κ2) is 8.60. The second-order valence-electron chi connectivity index (χ2n) is 8.38. The van der Waals surface area contributed by atoms with Crippen LogP contribution in [0.4, 0.5) is 4.39 Å². The van der Waals surface area contributed by atoms with Crippen molar-refractivity contribution in [2.75, 3.05) is 20.2 Å². The van der Waals surface area contributed by atoms with Gasteiger partial charge in [0, 0.05) is 35.6 Å². The van der Waals surface area contributed by atoms with Crippen molar-refractivity contribution < 1.29 is 13.9 Å². The Morgan fingerprint density at radius 3 is 2.55 bits per heavy atom. The highest BCUT2D eigenvalue weighted by Crippen LogP contribution is 2.33. The number of methoxy groups -OCH3 is 1. The zero-order valence-corrected chi connectivity index (χ0v) is 19.0. The normalized spacial score (nSPS) is 16.6. The van der Waals surface area contributed by atoms with Gasteiger partial charge in [0.25, 0.3) is 0 Å². The molecule has 1 aliphatic heterocycles. The average molecular weight is 444 g/mol. The van der Waals surface area contributed by atoms with Gasteiger partial charge in [0.15, 0.2) is 0 Å². The number of esters is 1. The summed E-state index contributed by atoms with van der Waals surface area (Å²) < 4.78 is 21.2. The first-order chi connectivity index (χ1) is 14.8. The zero-order valence-electron chi connectivity index (χ0n) is 18.3. The molecule has 2 heterocycles. The van der Waals surface area contributed by atoms with Crippen LogP contribution in [0.5, 0.6) is 0 Å². The monoisotopic (exact) mass is 443 g/mol. The van der Waals surface area contributed by atoms with Crippen LogP contribution in [0.15, 0.2) is 30.3 Å². The Morgan fingerprint density at radius 2 is 1.90 bits per heavy atom. The lowest BCUT2D eigenvalue weighted by atomic mass is 9.99. The number of nitrogens with zero attached hydrogens (tertiary/aromatic N) is 3. The molecule has 1 aliphatic rings. The summed E-state index contributed by atoms with van der Waals surface area (Å²) in [6.45, 7) is 7.99. The van der Waals surface area contributed by atoms with Crippen molar-refractivity contribution in [3.63, 3.8) is 0 Å². The average Bonchev–Trinajstić information content (AvgIpc) is 3.06. The van der Waals surface area contributed by atoms with E-state index >= 15 is 0 Å². The molecule has 164 valence electrons. The molecule has 0 amide bonds. The molecule has 1 atom stereocenters. The van der Waals surface area contributed by atoms with E-state index in [1.54, 1.807) is 6.07 Å². The minimum atomic E-state index is -0.676. The first-order valence-corrected chi connectivity index (χ1v) is 10.9. The van der Waals surface area contributed by atoms with Gasteiger partial charge in [-0.15, -0.1) is 0 Å². The van der Waals surface area contributed by atoms with Gasteiger partial charge in [0.2, 0.25) is 0 Å². The Hall–Kier alpha value is -2.44.